The van der Waals surface area contributed by atoms with Crippen molar-refractivity contribution in [3.8, 4) is 5.75 Å². The van der Waals surface area contributed by atoms with Crippen molar-refractivity contribution in [1.29, 1.82) is 0 Å². The Morgan fingerprint density at radius 3 is 2.56 bits per heavy atom. The number of aromatic nitrogens is 2. The number of methoxy groups -OCH3 is 1. The van der Waals surface area contributed by atoms with Gasteiger partial charge in [0.1, 0.15) is 0 Å². The molecule has 1 N–H and O–H groups in total. The molecule has 0 radical (unpaired) electrons. The summed E-state index contributed by atoms with van der Waals surface area (Å²) in [6.07, 6.45) is 3.57. The number of ether oxygens (including phenoxy) is 1. The van der Waals surface area contributed by atoms with E-state index in [4.69, 9.17) is 27.9 Å². The van der Waals surface area contributed by atoms with Crippen molar-refractivity contribution in [2.45, 2.75) is 6.54 Å². The highest BCUT2D eigenvalue weighted by molar-refractivity contribution is 6.37. The Hall–Kier alpha value is -2.50. The minimum Gasteiger partial charge on any atom is -0.494 e. The molecule has 0 saturated heterocycles. The van der Waals surface area contributed by atoms with Crippen LogP contribution in [0.4, 0.5) is 5.69 Å². The average Bonchev–Trinajstić information content (AvgIpc) is 3.09. The van der Waals surface area contributed by atoms with E-state index in [1.165, 1.54) is 19.2 Å². The number of nitrogens with zero attached hydrogens (tertiary/aromatic N) is 2. The fourth-order valence-corrected chi connectivity index (χ4v) is 3.07. The zero-order chi connectivity index (χ0) is 17.8. The lowest BCUT2D eigenvalue weighted by molar-refractivity contribution is 0.102. The Labute approximate surface area is 155 Å². The van der Waals surface area contributed by atoms with E-state index in [2.05, 4.69) is 10.4 Å². The van der Waals surface area contributed by atoms with Crippen LogP contribution in [0.1, 0.15) is 15.9 Å². The van der Waals surface area contributed by atoms with Crippen molar-refractivity contribution in [3.63, 3.8) is 0 Å². The molecular formula is C18H15Cl2N3O2. The Kier molecular flexibility index (Phi) is 5.26. The maximum Gasteiger partial charge on any atom is 0.255 e. The van der Waals surface area contributed by atoms with E-state index < -0.39 is 0 Å². The molecule has 3 aromatic rings. The molecule has 0 unspecified atom stereocenters. The minimum atomic E-state index is -0.306. The molecule has 0 fully saturated rings. The minimum absolute atomic E-state index is 0.282. The Morgan fingerprint density at radius 1 is 1.20 bits per heavy atom. The number of anilines is 1. The second-order valence-corrected chi connectivity index (χ2v) is 6.10. The molecule has 5 nitrogen and oxygen atoms in total. The van der Waals surface area contributed by atoms with Crippen LogP contribution in [0.15, 0.2) is 54.9 Å². The highest BCUT2D eigenvalue weighted by Crippen LogP contribution is 2.34. The van der Waals surface area contributed by atoms with Gasteiger partial charge in [-0.25, -0.2) is 0 Å². The molecule has 1 heterocycles. The Morgan fingerprint density at radius 2 is 1.92 bits per heavy atom. The fourth-order valence-electron chi connectivity index (χ4n) is 2.43. The van der Waals surface area contributed by atoms with Gasteiger partial charge in [0.2, 0.25) is 0 Å². The van der Waals surface area contributed by atoms with Crippen molar-refractivity contribution >= 4 is 34.8 Å². The van der Waals surface area contributed by atoms with Crippen molar-refractivity contribution in [3.05, 3.63) is 76.0 Å². The second-order valence-electron chi connectivity index (χ2n) is 5.29. The standard InChI is InChI=1S/C18H15Cl2N3O2/c1-25-17-14(19)9-13(10-15(17)20)18(24)22-16-6-3-2-5-12(16)11-23-8-4-7-21-23/h2-10H,11H2,1H3,(H,22,24). The van der Waals surface area contributed by atoms with Crippen LogP contribution in [-0.4, -0.2) is 22.8 Å². The monoisotopic (exact) mass is 375 g/mol. The van der Waals surface area contributed by atoms with Crippen molar-refractivity contribution in [1.82, 2.24) is 9.78 Å². The summed E-state index contributed by atoms with van der Waals surface area (Å²) in [7, 11) is 1.47. The molecule has 3 rings (SSSR count). The van der Waals surface area contributed by atoms with Gasteiger partial charge in [-0.15, -0.1) is 0 Å². The van der Waals surface area contributed by atoms with Gasteiger partial charge in [-0.2, -0.15) is 5.10 Å². The summed E-state index contributed by atoms with van der Waals surface area (Å²) in [6.45, 7) is 0.549. The van der Waals surface area contributed by atoms with Gasteiger partial charge in [-0.3, -0.25) is 9.48 Å². The molecule has 25 heavy (non-hydrogen) atoms. The molecule has 0 aliphatic rings. The van der Waals surface area contributed by atoms with Gasteiger partial charge in [0, 0.05) is 23.6 Å². The number of benzene rings is 2. The zero-order valence-corrected chi connectivity index (χ0v) is 14.9. The quantitative estimate of drug-likeness (QED) is 0.714. The van der Waals surface area contributed by atoms with Crippen LogP contribution in [0.25, 0.3) is 0 Å². The molecular weight excluding hydrogens is 361 g/mol. The van der Waals surface area contributed by atoms with Crippen LogP contribution in [0.2, 0.25) is 10.0 Å². The first-order valence-corrected chi connectivity index (χ1v) is 8.24. The van der Waals surface area contributed by atoms with E-state index in [0.717, 1.165) is 5.56 Å². The van der Waals surface area contributed by atoms with Crippen molar-refractivity contribution < 1.29 is 9.53 Å². The Bertz CT molecular complexity index is 872. The number of amides is 1. The summed E-state index contributed by atoms with van der Waals surface area (Å²) in [4.78, 5) is 12.6. The third-order valence-corrected chi connectivity index (χ3v) is 4.18. The first-order valence-electron chi connectivity index (χ1n) is 7.48. The van der Waals surface area contributed by atoms with E-state index in [-0.39, 0.29) is 16.0 Å². The zero-order valence-electron chi connectivity index (χ0n) is 13.4. The van der Waals surface area contributed by atoms with Crippen LogP contribution in [0.5, 0.6) is 5.75 Å². The number of hydrogen-bond donors (Lipinski definition) is 1. The maximum absolute atomic E-state index is 12.6. The van der Waals surface area contributed by atoms with Gasteiger partial charge in [0.25, 0.3) is 5.91 Å². The summed E-state index contributed by atoms with van der Waals surface area (Å²) in [5.41, 5.74) is 1.99. The molecule has 1 amide bonds. The lowest BCUT2D eigenvalue weighted by Gasteiger charge is -2.12. The molecule has 0 saturated carbocycles. The summed E-state index contributed by atoms with van der Waals surface area (Å²) in [5.74, 6) is 0.0401. The molecule has 128 valence electrons. The van der Waals surface area contributed by atoms with E-state index in [1.54, 1.807) is 10.9 Å². The first kappa shape index (κ1) is 17.3. The summed E-state index contributed by atoms with van der Waals surface area (Å²) in [5, 5.41) is 7.65. The number of hydrogen-bond acceptors (Lipinski definition) is 3. The first-order chi connectivity index (χ1) is 12.1. The van der Waals surface area contributed by atoms with Gasteiger partial charge in [0.05, 0.1) is 23.7 Å². The number of carbonyl (C=O) groups excluding carboxylic acids is 1. The SMILES string of the molecule is COc1c(Cl)cc(C(=O)Nc2ccccc2Cn2cccn2)cc1Cl. The van der Waals surface area contributed by atoms with Crippen molar-refractivity contribution in [2.75, 3.05) is 12.4 Å². The van der Waals surface area contributed by atoms with E-state index in [0.29, 0.717) is 23.5 Å². The molecule has 0 spiro atoms. The molecule has 2 aromatic carbocycles. The van der Waals surface area contributed by atoms with E-state index in [9.17, 15) is 4.79 Å². The molecule has 0 aliphatic heterocycles. The third kappa shape index (κ3) is 3.95. The fraction of sp³-hybridized carbons (Fsp3) is 0.111. The van der Waals surface area contributed by atoms with Gasteiger partial charge in [-0.1, -0.05) is 41.4 Å². The van der Waals surface area contributed by atoms with Crippen LogP contribution < -0.4 is 10.1 Å². The number of rotatable bonds is 5. The smallest absolute Gasteiger partial charge is 0.255 e. The predicted molar refractivity (Wildman–Crippen MR) is 98.7 cm³/mol. The van der Waals surface area contributed by atoms with Gasteiger partial charge >= 0.3 is 0 Å². The van der Waals surface area contributed by atoms with Crippen LogP contribution in [0, 0.1) is 0 Å². The highest BCUT2D eigenvalue weighted by atomic mass is 35.5. The third-order valence-electron chi connectivity index (χ3n) is 3.62. The summed E-state index contributed by atoms with van der Waals surface area (Å²) >= 11 is 12.2. The van der Waals surface area contributed by atoms with Gasteiger partial charge < -0.3 is 10.1 Å². The summed E-state index contributed by atoms with van der Waals surface area (Å²) in [6, 6.07) is 12.4. The largest absolute Gasteiger partial charge is 0.494 e. The normalized spacial score (nSPS) is 10.5. The second kappa shape index (κ2) is 7.59. The molecule has 0 aliphatic carbocycles. The number of para-hydroxylation sites is 1. The lowest BCUT2D eigenvalue weighted by atomic mass is 10.1. The molecule has 7 heteroatoms. The average molecular weight is 376 g/mol. The van der Waals surface area contributed by atoms with E-state index in [1.807, 2.05) is 36.5 Å². The van der Waals surface area contributed by atoms with Crippen LogP contribution in [-0.2, 0) is 6.54 Å². The highest BCUT2D eigenvalue weighted by Gasteiger charge is 2.15. The van der Waals surface area contributed by atoms with Crippen LogP contribution >= 0.6 is 23.2 Å². The number of carbonyl (C=O) groups is 1. The topological polar surface area (TPSA) is 56.1 Å². The molecule has 1 aromatic heterocycles. The molecule has 0 bridgehead atoms. The number of halogens is 2. The Balaban J connectivity index is 1.84. The summed E-state index contributed by atoms with van der Waals surface area (Å²) < 4.78 is 6.89. The van der Waals surface area contributed by atoms with Gasteiger partial charge in [-0.05, 0) is 29.8 Å². The predicted octanol–water partition coefficient (Wildman–Crippen LogP) is 4.50. The van der Waals surface area contributed by atoms with Crippen LogP contribution in [0.3, 0.4) is 0 Å². The van der Waals surface area contributed by atoms with Crippen molar-refractivity contribution in [2.24, 2.45) is 0 Å². The lowest BCUT2D eigenvalue weighted by Crippen LogP contribution is -2.14. The molecule has 0 atom stereocenters. The van der Waals surface area contributed by atoms with E-state index >= 15 is 0 Å². The maximum atomic E-state index is 12.6. The number of nitrogens with one attached hydrogen (secondary N) is 1. The van der Waals surface area contributed by atoms with Gasteiger partial charge in [0.15, 0.2) is 5.75 Å².